The molecule has 5 nitrogen and oxygen atoms in total. The van der Waals surface area contributed by atoms with Crippen molar-refractivity contribution in [1.29, 1.82) is 0 Å². The van der Waals surface area contributed by atoms with Gasteiger partial charge in [0.2, 0.25) is 0 Å². The standard InChI is InChI=1S/C23H29N5/c1-17-22(18(2)28(27-17)16-19-9-5-3-6-10-19)15-24-13-21-14-25-26-23(21)20-11-7-4-8-12-20/h3-12,21,23-26H,13-16H2,1-2H3. The third-order valence-corrected chi connectivity index (χ3v) is 5.67. The number of benzene rings is 2. The highest BCUT2D eigenvalue weighted by molar-refractivity contribution is 5.26. The molecule has 1 saturated heterocycles. The molecule has 0 bridgehead atoms. The van der Waals surface area contributed by atoms with E-state index < -0.39 is 0 Å². The van der Waals surface area contributed by atoms with Crippen LogP contribution >= 0.6 is 0 Å². The van der Waals surface area contributed by atoms with Gasteiger partial charge >= 0.3 is 0 Å². The number of hydrogen-bond acceptors (Lipinski definition) is 4. The molecule has 1 aliphatic heterocycles. The molecule has 5 heteroatoms. The molecule has 2 unspecified atom stereocenters. The van der Waals surface area contributed by atoms with Crippen LogP contribution in [-0.4, -0.2) is 22.9 Å². The van der Waals surface area contributed by atoms with Crippen molar-refractivity contribution in [3.63, 3.8) is 0 Å². The lowest BCUT2D eigenvalue weighted by Crippen LogP contribution is -2.28. The van der Waals surface area contributed by atoms with Crippen molar-refractivity contribution in [3.05, 3.63) is 88.7 Å². The minimum atomic E-state index is 0.344. The zero-order valence-electron chi connectivity index (χ0n) is 16.7. The average molecular weight is 376 g/mol. The molecular formula is C23H29N5. The van der Waals surface area contributed by atoms with E-state index in [1.165, 1.54) is 22.4 Å². The van der Waals surface area contributed by atoms with Crippen LogP contribution in [-0.2, 0) is 13.1 Å². The number of aromatic nitrogens is 2. The second-order valence-electron chi connectivity index (χ2n) is 7.60. The van der Waals surface area contributed by atoms with E-state index in [0.717, 1.165) is 31.9 Å². The molecule has 0 spiro atoms. The van der Waals surface area contributed by atoms with Crippen molar-refractivity contribution in [2.24, 2.45) is 5.92 Å². The van der Waals surface area contributed by atoms with E-state index in [9.17, 15) is 0 Å². The molecule has 2 atom stereocenters. The van der Waals surface area contributed by atoms with Crippen LogP contribution in [0.5, 0.6) is 0 Å². The average Bonchev–Trinajstić information content (AvgIpc) is 3.29. The van der Waals surface area contributed by atoms with Gasteiger partial charge in [0.1, 0.15) is 0 Å². The summed E-state index contributed by atoms with van der Waals surface area (Å²) in [6.07, 6.45) is 0. The quantitative estimate of drug-likeness (QED) is 0.594. The first kappa shape index (κ1) is 18.9. The first-order valence-corrected chi connectivity index (χ1v) is 10.0. The monoisotopic (exact) mass is 375 g/mol. The van der Waals surface area contributed by atoms with Crippen LogP contribution in [0.15, 0.2) is 60.7 Å². The molecule has 4 rings (SSSR count). The molecule has 2 heterocycles. The van der Waals surface area contributed by atoms with E-state index in [0.29, 0.717) is 12.0 Å². The number of hydrazine groups is 1. The second-order valence-corrected chi connectivity index (χ2v) is 7.60. The van der Waals surface area contributed by atoms with Crippen LogP contribution in [0.2, 0.25) is 0 Å². The molecule has 0 aliphatic carbocycles. The molecule has 1 aromatic heterocycles. The second kappa shape index (κ2) is 8.69. The highest BCUT2D eigenvalue weighted by atomic mass is 15.4. The van der Waals surface area contributed by atoms with Gasteiger partial charge in [0.05, 0.1) is 18.3 Å². The smallest absolute Gasteiger partial charge is 0.0662 e. The van der Waals surface area contributed by atoms with Gasteiger partial charge in [0.15, 0.2) is 0 Å². The Morgan fingerprint density at radius 2 is 1.75 bits per heavy atom. The number of rotatable bonds is 7. The molecule has 0 saturated carbocycles. The third-order valence-electron chi connectivity index (χ3n) is 5.67. The molecule has 1 fully saturated rings. The fourth-order valence-electron chi connectivity index (χ4n) is 4.02. The molecule has 0 amide bonds. The van der Waals surface area contributed by atoms with Gasteiger partial charge in [-0.3, -0.25) is 10.1 Å². The van der Waals surface area contributed by atoms with Gasteiger partial charge in [-0.1, -0.05) is 60.7 Å². The summed E-state index contributed by atoms with van der Waals surface area (Å²) in [6, 6.07) is 21.5. The largest absolute Gasteiger partial charge is 0.312 e. The van der Waals surface area contributed by atoms with E-state index in [-0.39, 0.29) is 0 Å². The Morgan fingerprint density at radius 3 is 2.50 bits per heavy atom. The maximum absolute atomic E-state index is 4.77. The van der Waals surface area contributed by atoms with Crippen molar-refractivity contribution >= 4 is 0 Å². The Bertz CT molecular complexity index is 888. The van der Waals surface area contributed by atoms with E-state index in [4.69, 9.17) is 5.10 Å². The van der Waals surface area contributed by atoms with Crippen LogP contribution in [0, 0.1) is 19.8 Å². The number of nitrogens with zero attached hydrogens (tertiary/aromatic N) is 2. The van der Waals surface area contributed by atoms with Crippen molar-refractivity contribution in [1.82, 2.24) is 25.9 Å². The summed E-state index contributed by atoms with van der Waals surface area (Å²) in [6.45, 7) is 7.88. The summed E-state index contributed by atoms with van der Waals surface area (Å²) < 4.78 is 2.12. The van der Waals surface area contributed by atoms with Gasteiger partial charge in [-0.25, -0.2) is 5.43 Å². The van der Waals surface area contributed by atoms with Gasteiger partial charge in [-0.15, -0.1) is 0 Å². The van der Waals surface area contributed by atoms with E-state index in [1.54, 1.807) is 0 Å². The maximum Gasteiger partial charge on any atom is 0.0662 e. The SMILES string of the molecule is Cc1nn(Cc2ccccc2)c(C)c1CNCC1CNNC1c1ccccc1. The van der Waals surface area contributed by atoms with Crippen LogP contribution in [0.25, 0.3) is 0 Å². The maximum atomic E-state index is 4.77. The molecule has 3 N–H and O–H groups in total. The van der Waals surface area contributed by atoms with Crippen LogP contribution in [0.3, 0.4) is 0 Å². The number of hydrogen-bond donors (Lipinski definition) is 3. The lowest BCUT2D eigenvalue weighted by Gasteiger charge is -2.19. The topological polar surface area (TPSA) is 53.9 Å². The Morgan fingerprint density at radius 1 is 1.04 bits per heavy atom. The molecule has 28 heavy (non-hydrogen) atoms. The highest BCUT2D eigenvalue weighted by Crippen LogP contribution is 2.24. The summed E-state index contributed by atoms with van der Waals surface area (Å²) in [7, 11) is 0. The van der Waals surface area contributed by atoms with E-state index in [1.807, 2.05) is 0 Å². The zero-order chi connectivity index (χ0) is 19.3. The lowest BCUT2D eigenvalue weighted by molar-refractivity contribution is 0.441. The first-order chi connectivity index (χ1) is 13.7. The Kier molecular flexibility index (Phi) is 5.86. The molecule has 1 aliphatic rings. The van der Waals surface area contributed by atoms with Crippen LogP contribution in [0.4, 0.5) is 0 Å². The molecule has 2 aromatic carbocycles. The van der Waals surface area contributed by atoms with Crippen LogP contribution in [0.1, 0.15) is 34.1 Å². The van der Waals surface area contributed by atoms with Crippen molar-refractivity contribution in [3.8, 4) is 0 Å². The van der Waals surface area contributed by atoms with Crippen molar-refractivity contribution in [2.75, 3.05) is 13.1 Å². The summed E-state index contributed by atoms with van der Waals surface area (Å²) in [5.41, 5.74) is 13.0. The van der Waals surface area contributed by atoms with Crippen LogP contribution < -0.4 is 16.2 Å². The Balaban J connectivity index is 1.37. The molecule has 0 radical (unpaired) electrons. The van der Waals surface area contributed by atoms with Gasteiger partial charge < -0.3 is 5.32 Å². The molecule has 3 aromatic rings. The highest BCUT2D eigenvalue weighted by Gasteiger charge is 2.27. The molecular weight excluding hydrogens is 346 g/mol. The summed E-state index contributed by atoms with van der Waals surface area (Å²) in [4.78, 5) is 0. The lowest BCUT2D eigenvalue weighted by atomic mass is 9.95. The Labute approximate surface area is 167 Å². The van der Waals surface area contributed by atoms with E-state index in [2.05, 4.69) is 95.4 Å². The normalized spacial score (nSPS) is 19.2. The number of nitrogens with one attached hydrogen (secondary N) is 3. The predicted octanol–water partition coefficient (Wildman–Crippen LogP) is 3.10. The minimum Gasteiger partial charge on any atom is -0.312 e. The van der Waals surface area contributed by atoms with Gasteiger partial charge in [-0.05, 0) is 25.0 Å². The summed E-state index contributed by atoms with van der Waals surface area (Å²) in [5, 5.41) is 8.44. The van der Waals surface area contributed by atoms with Gasteiger partial charge in [0.25, 0.3) is 0 Å². The van der Waals surface area contributed by atoms with E-state index >= 15 is 0 Å². The Hall–Kier alpha value is -2.47. The first-order valence-electron chi connectivity index (χ1n) is 10.0. The van der Waals surface area contributed by atoms with Crippen molar-refractivity contribution in [2.45, 2.75) is 33.0 Å². The fourth-order valence-corrected chi connectivity index (χ4v) is 4.02. The summed E-state index contributed by atoms with van der Waals surface area (Å²) >= 11 is 0. The zero-order valence-corrected chi connectivity index (χ0v) is 16.7. The minimum absolute atomic E-state index is 0.344. The van der Waals surface area contributed by atoms with Gasteiger partial charge in [-0.2, -0.15) is 5.10 Å². The third kappa shape index (κ3) is 4.17. The fraction of sp³-hybridized carbons (Fsp3) is 0.348. The molecule has 146 valence electrons. The van der Waals surface area contributed by atoms with Gasteiger partial charge in [0, 0.05) is 36.8 Å². The predicted molar refractivity (Wildman–Crippen MR) is 113 cm³/mol. The summed E-state index contributed by atoms with van der Waals surface area (Å²) in [5.74, 6) is 0.516. The number of aryl methyl sites for hydroxylation is 1. The van der Waals surface area contributed by atoms with Crippen molar-refractivity contribution < 1.29 is 0 Å².